The quantitative estimate of drug-likeness (QED) is 0.489. The largest absolute Gasteiger partial charge is 0.337 e. The zero-order chi connectivity index (χ0) is 20.0. The van der Waals surface area contributed by atoms with E-state index < -0.39 is 0 Å². The number of aromatic nitrogens is 2. The van der Waals surface area contributed by atoms with Crippen LogP contribution < -0.4 is 5.56 Å². The zero-order valence-electron chi connectivity index (χ0n) is 16.4. The third kappa shape index (κ3) is 3.46. The molecule has 148 valence electrons. The molecule has 0 unspecified atom stereocenters. The zero-order valence-corrected chi connectivity index (χ0v) is 17.2. The molecule has 1 atom stereocenters. The summed E-state index contributed by atoms with van der Waals surface area (Å²) in [4.78, 5) is 32.9. The van der Waals surface area contributed by atoms with Crippen LogP contribution in [0.1, 0.15) is 36.9 Å². The van der Waals surface area contributed by atoms with Gasteiger partial charge in [0.1, 0.15) is 0 Å². The summed E-state index contributed by atoms with van der Waals surface area (Å²) in [5, 5.41) is 1.02. The molecular formula is C23H23N3O2S. The van der Waals surface area contributed by atoms with Gasteiger partial charge in [-0.15, -0.1) is 0 Å². The second-order valence-corrected chi connectivity index (χ2v) is 9.16. The number of hydrogen-bond donors (Lipinski definition) is 0. The smallest absolute Gasteiger partial charge is 0.262 e. The van der Waals surface area contributed by atoms with E-state index in [0.29, 0.717) is 22.6 Å². The average Bonchev–Trinajstić information content (AvgIpc) is 3.58. The number of fused-ring (bicyclic) bond motifs is 2. The Morgan fingerprint density at radius 2 is 1.83 bits per heavy atom. The summed E-state index contributed by atoms with van der Waals surface area (Å²) in [6.45, 7) is 3.31. The molecule has 1 aromatic heterocycles. The fourth-order valence-corrected chi connectivity index (χ4v) is 5.08. The number of hydrogen-bond acceptors (Lipinski definition) is 4. The highest BCUT2D eigenvalue weighted by Crippen LogP contribution is 2.38. The molecule has 1 aliphatic carbocycles. The van der Waals surface area contributed by atoms with Gasteiger partial charge in [0.25, 0.3) is 5.56 Å². The molecule has 0 radical (unpaired) electrons. The van der Waals surface area contributed by atoms with Crippen molar-refractivity contribution in [2.24, 2.45) is 0 Å². The van der Waals surface area contributed by atoms with Gasteiger partial charge in [-0.05, 0) is 49.4 Å². The van der Waals surface area contributed by atoms with Crippen LogP contribution in [0.5, 0.6) is 0 Å². The molecule has 2 aromatic carbocycles. The SMILES string of the molecule is C[C@@H](Sc1nc2ccccc2c(=O)n1C1CC1)C(=O)N1CCc2ccccc2C1. The van der Waals surface area contributed by atoms with Crippen molar-refractivity contribution in [1.29, 1.82) is 0 Å². The molecule has 2 aliphatic rings. The minimum absolute atomic E-state index is 0.00662. The minimum Gasteiger partial charge on any atom is -0.337 e. The van der Waals surface area contributed by atoms with E-state index in [1.807, 2.05) is 46.7 Å². The van der Waals surface area contributed by atoms with Gasteiger partial charge < -0.3 is 4.90 Å². The number of benzene rings is 2. The van der Waals surface area contributed by atoms with Crippen molar-refractivity contribution in [1.82, 2.24) is 14.5 Å². The second kappa shape index (κ2) is 7.34. The predicted molar refractivity (Wildman–Crippen MR) is 115 cm³/mol. The summed E-state index contributed by atoms with van der Waals surface area (Å²) >= 11 is 1.41. The molecule has 2 heterocycles. The number of rotatable bonds is 4. The van der Waals surface area contributed by atoms with E-state index in [1.54, 1.807) is 0 Å². The van der Waals surface area contributed by atoms with Crippen molar-refractivity contribution in [3.05, 3.63) is 70.0 Å². The van der Waals surface area contributed by atoms with Gasteiger partial charge in [-0.25, -0.2) is 4.98 Å². The molecule has 0 saturated heterocycles. The molecule has 5 rings (SSSR count). The molecule has 1 aliphatic heterocycles. The number of nitrogens with zero attached hydrogens (tertiary/aromatic N) is 3. The van der Waals surface area contributed by atoms with Crippen LogP contribution in [0.3, 0.4) is 0 Å². The first-order valence-corrected chi connectivity index (χ1v) is 11.0. The van der Waals surface area contributed by atoms with Crippen LogP contribution in [-0.2, 0) is 17.8 Å². The number of para-hydroxylation sites is 1. The molecular weight excluding hydrogens is 382 g/mol. The Bertz CT molecular complexity index is 1150. The van der Waals surface area contributed by atoms with Gasteiger partial charge in [0.05, 0.1) is 16.2 Å². The Hall–Kier alpha value is -2.60. The van der Waals surface area contributed by atoms with E-state index in [-0.39, 0.29) is 22.8 Å². The van der Waals surface area contributed by atoms with Crippen molar-refractivity contribution in [2.75, 3.05) is 6.54 Å². The van der Waals surface area contributed by atoms with E-state index >= 15 is 0 Å². The van der Waals surface area contributed by atoms with E-state index in [9.17, 15) is 9.59 Å². The van der Waals surface area contributed by atoms with Gasteiger partial charge in [0.15, 0.2) is 5.16 Å². The summed E-state index contributed by atoms with van der Waals surface area (Å²) in [5.74, 6) is 0.106. The summed E-state index contributed by atoms with van der Waals surface area (Å²) in [6.07, 6.45) is 2.89. The van der Waals surface area contributed by atoms with Crippen LogP contribution in [-0.4, -0.2) is 32.2 Å². The number of amides is 1. The number of carbonyl (C=O) groups is 1. The Kier molecular flexibility index (Phi) is 4.66. The summed E-state index contributed by atoms with van der Waals surface area (Å²) in [5.41, 5.74) is 3.26. The van der Waals surface area contributed by atoms with E-state index in [0.717, 1.165) is 25.8 Å². The van der Waals surface area contributed by atoms with Crippen LogP contribution in [0.25, 0.3) is 10.9 Å². The van der Waals surface area contributed by atoms with Gasteiger partial charge in [0, 0.05) is 19.1 Å². The maximum absolute atomic E-state index is 13.1. The molecule has 0 spiro atoms. The lowest BCUT2D eigenvalue weighted by molar-refractivity contribution is -0.131. The number of thioether (sulfide) groups is 1. The molecule has 29 heavy (non-hydrogen) atoms. The lowest BCUT2D eigenvalue weighted by Crippen LogP contribution is -2.40. The van der Waals surface area contributed by atoms with Crippen LogP contribution in [0.2, 0.25) is 0 Å². The van der Waals surface area contributed by atoms with E-state index in [1.165, 1.54) is 22.9 Å². The Labute approximate surface area is 173 Å². The first kappa shape index (κ1) is 18.4. The maximum atomic E-state index is 13.1. The fourth-order valence-electron chi connectivity index (χ4n) is 4.01. The average molecular weight is 406 g/mol. The van der Waals surface area contributed by atoms with Crippen molar-refractivity contribution >= 4 is 28.6 Å². The van der Waals surface area contributed by atoms with E-state index in [4.69, 9.17) is 4.98 Å². The highest BCUT2D eigenvalue weighted by Gasteiger charge is 2.31. The maximum Gasteiger partial charge on any atom is 0.262 e. The lowest BCUT2D eigenvalue weighted by atomic mass is 10.00. The highest BCUT2D eigenvalue weighted by molar-refractivity contribution is 8.00. The predicted octanol–water partition coefficient (Wildman–Crippen LogP) is 3.80. The summed E-state index contributed by atoms with van der Waals surface area (Å²) < 4.78 is 1.81. The van der Waals surface area contributed by atoms with Crippen molar-refractivity contribution in [3.63, 3.8) is 0 Å². The molecule has 3 aromatic rings. The highest BCUT2D eigenvalue weighted by atomic mass is 32.2. The first-order valence-electron chi connectivity index (χ1n) is 10.2. The van der Waals surface area contributed by atoms with Crippen LogP contribution in [0, 0.1) is 0 Å². The topological polar surface area (TPSA) is 55.2 Å². The molecule has 1 saturated carbocycles. The normalized spacial score (nSPS) is 17.2. The van der Waals surface area contributed by atoms with Crippen LogP contribution in [0.4, 0.5) is 0 Å². The minimum atomic E-state index is -0.293. The Morgan fingerprint density at radius 3 is 2.62 bits per heavy atom. The molecule has 1 amide bonds. The number of carbonyl (C=O) groups excluding carboxylic acids is 1. The third-order valence-corrected chi connectivity index (χ3v) is 6.81. The summed E-state index contributed by atoms with van der Waals surface area (Å²) in [7, 11) is 0. The summed E-state index contributed by atoms with van der Waals surface area (Å²) in [6, 6.07) is 16.0. The van der Waals surface area contributed by atoms with Crippen molar-refractivity contribution in [3.8, 4) is 0 Å². The van der Waals surface area contributed by atoms with Gasteiger partial charge >= 0.3 is 0 Å². The lowest BCUT2D eigenvalue weighted by Gasteiger charge is -2.30. The Morgan fingerprint density at radius 1 is 1.10 bits per heavy atom. The van der Waals surface area contributed by atoms with Crippen molar-refractivity contribution in [2.45, 2.75) is 49.2 Å². The van der Waals surface area contributed by atoms with Crippen molar-refractivity contribution < 1.29 is 4.79 Å². The van der Waals surface area contributed by atoms with Gasteiger partial charge in [0.2, 0.25) is 5.91 Å². The molecule has 5 nitrogen and oxygen atoms in total. The van der Waals surface area contributed by atoms with Gasteiger partial charge in [-0.2, -0.15) is 0 Å². The fraction of sp³-hybridized carbons (Fsp3) is 0.348. The van der Waals surface area contributed by atoms with E-state index in [2.05, 4.69) is 18.2 Å². The Balaban J connectivity index is 1.41. The third-order valence-electron chi connectivity index (χ3n) is 5.76. The molecule has 0 bridgehead atoms. The standard InChI is InChI=1S/C23H23N3O2S/c1-15(21(27)25-13-12-16-6-2-3-7-17(16)14-25)29-23-24-20-9-5-4-8-19(20)22(28)26(23)18-10-11-18/h2-9,15,18H,10-14H2,1H3/t15-/m1/s1. The molecule has 6 heteroatoms. The molecule has 1 fully saturated rings. The monoisotopic (exact) mass is 405 g/mol. The van der Waals surface area contributed by atoms with Crippen LogP contribution in [0.15, 0.2) is 58.5 Å². The van der Waals surface area contributed by atoms with Gasteiger partial charge in [-0.3, -0.25) is 14.2 Å². The van der Waals surface area contributed by atoms with Gasteiger partial charge in [-0.1, -0.05) is 48.2 Å². The van der Waals surface area contributed by atoms with Crippen LogP contribution >= 0.6 is 11.8 Å². The second-order valence-electron chi connectivity index (χ2n) is 7.86. The first-order chi connectivity index (χ1) is 14.1. The molecule has 0 N–H and O–H groups in total.